The summed E-state index contributed by atoms with van der Waals surface area (Å²) in [5.74, 6) is 0. The molecule has 0 bridgehead atoms. The third-order valence-electron chi connectivity index (χ3n) is 5.32. The summed E-state index contributed by atoms with van der Waals surface area (Å²) in [7, 11) is 0. The highest BCUT2D eigenvalue weighted by Crippen LogP contribution is 2.30. The van der Waals surface area contributed by atoms with Gasteiger partial charge in [-0.05, 0) is 50.5 Å². The van der Waals surface area contributed by atoms with Gasteiger partial charge in [-0.15, -0.1) is 0 Å². The third-order valence-corrected chi connectivity index (χ3v) is 5.32. The molecule has 1 saturated heterocycles. The first kappa shape index (κ1) is 17.8. The molecule has 1 aliphatic heterocycles. The lowest BCUT2D eigenvalue weighted by Crippen LogP contribution is -2.43. The van der Waals surface area contributed by atoms with Crippen molar-refractivity contribution in [2.45, 2.75) is 50.8 Å². The highest BCUT2D eigenvalue weighted by molar-refractivity contribution is 5.37. The molecule has 25 heavy (non-hydrogen) atoms. The van der Waals surface area contributed by atoms with Gasteiger partial charge in [0.1, 0.15) is 5.60 Å². The van der Waals surface area contributed by atoms with Gasteiger partial charge in [0.05, 0.1) is 5.69 Å². The van der Waals surface area contributed by atoms with Gasteiger partial charge in [0.25, 0.3) is 0 Å². The standard InChI is InChI=1S/C22H28N2O/c1-18-10-8-11-19(2)24(18)17-9-15-22(25,20-12-4-3-5-13-20)21-14-6-7-16-23-21/h3-7,9,12-16,18-19,25H,8,10-11,17H2,1-2H3/b15-9+. The van der Waals surface area contributed by atoms with Gasteiger partial charge < -0.3 is 5.11 Å². The molecular formula is C22H28N2O. The van der Waals surface area contributed by atoms with Gasteiger partial charge in [0.2, 0.25) is 0 Å². The van der Waals surface area contributed by atoms with Crippen LogP contribution in [0.5, 0.6) is 0 Å². The summed E-state index contributed by atoms with van der Waals surface area (Å²) in [5.41, 5.74) is 0.284. The van der Waals surface area contributed by atoms with Crippen molar-refractivity contribution >= 4 is 0 Å². The minimum Gasteiger partial charge on any atom is -0.375 e. The zero-order chi connectivity index (χ0) is 17.7. The maximum atomic E-state index is 11.4. The van der Waals surface area contributed by atoms with Crippen molar-refractivity contribution in [1.29, 1.82) is 0 Å². The smallest absolute Gasteiger partial charge is 0.150 e. The summed E-state index contributed by atoms with van der Waals surface area (Å²) in [4.78, 5) is 6.93. The van der Waals surface area contributed by atoms with Crippen molar-refractivity contribution in [1.82, 2.24) is 9.88 Å². The monoisotopic (exact) mass is 336 g/mol. The molecule has 0 saturated carbocycles. The summed E-state index contributed by atoms with van der Waals surface area (Å²) in [6.45, 7) is 5.45. The molecule has 3 nitrogen and oxygen atoms in total. The van der Waals surface area contributed by atoms with Crippen molar-refractivity contribution in [2.24, 2.45) is 0 Å². The maximum absolute atomic E-state index is 11.4. The topological polar surface area (TPSA) is 36.4 Å². The van der Waals surface area contributed by atoms with Crippen LogP contribution in [-0.4, -0.2) is 33.6 Å². The molecule has 132 valence electrons. The molecule has 0 amide bonds. The number of benzene rings is 1. The summed E-state index contributed by atoms with van der Waals surface area (Å²) in [6.07, 6.45) is 9.54. The second kappa shape index (κ2) is 7.94. The zero-order valence-electron chi connectivity index (χ0n) is 15.2. The Balaban J connectivity index is 1.86. The largest absolute Gasteiger partial charge is 0.375 e. The molecule has 1 aromatic carbocycles. The molecule has 0 radical (unpaired) electrons. The van der Waals surface area contributed by atoms with Crippen molar-refractivity contribution in [3.05, 3.63) is 78.1 Å². The van der Waals surface area contributed by atoms with Crippen LogP contribution in [0.2, 0.25) is 0 Å². The van der Waals surface area contributed by atoms with E-state index in [1.807, 2.05) is 54.6 Å². The Bertz CT molecular complexity index is 634. The summed E-state index contributed by atoms with van der Waals surface area (Å²) >= 11 is 0. The second-order valence-corrected chi connectivity index (χ2v) is 7.08. The van der Waals surface area contributed by atoms with E-state index in [2.05, 4.69) is 29.8 Å². The van der Waals surface area contributed by atoms with E-state index in [0.717, 1.165) is 12.1 Å². The number of aromatic nitrogens is 1. The van der Waals surface area contributed by atoms with Gasteiger partial charge in [-0.25, -0.2) is 0 Å². The van der Waals surface area contributed by atoms with Crippen LogP contribution < -0.4 is 0 Å². The molecule has 2 heterocycles. The minimum atomic E-state index is -1.20. The molecule has 0 aliphatic carbocycles. The minimum absolute atomic E-state index is 0.591. The van der Waals surface area contributed by atoms with Crippen LogP contribution in [0.15, 0.2) is 66.9 Å². The zero-order valence-corrected chi connectivity index (χ0v) is 15.2. The van der Waals surface area contributed by atoms with E-state index in [9.17, 15) is 5.11 Å². The molecular weight excluding hydrogens is 308 g/mol. The number of hydrogen-bond donors (Lipinski definition) is 1. The Labute approximate surface area is 151 Å². The van der Waals surface area contributed by atoms with E-state index in [4.69, 9.17) is 0 Å². The van der Waals surface area contributed by atoms with E-state index in [0.29, 0.717) is 17.8 Å². The lowest BCUT2D eigenvalue weighted by Gasteiger charge is -2.38. The normalized spacial score (nSPS) is 24.3. The lowest BCUT2D eigenvalue weighted by atomic mass is 9.89. The van der Waals surface area contributed by atoms with E-state index >= 15 is 0 Å². The van der Waals surface area contributed by atoms with Gasteiger partial charge in [0.15, 0.2) is 0 Å². The first-order valence-electron chi connectivity index (χ1n) is 9.24. The second-order valence-electron chi connectivity index (χ2n) is 7.08. The van der Waals surface area contributed by atoms with Crippen LogP contribution in [0, 0.1) is 0 Å². The Morgan fingerprint density at radius 2 is 1.76 bits per heavy atom. The molecule has 1 N–H and O–H groups in total. The SMILES string of the molecule is CC1CCCC(C)N1C/C=C/C(O)(c1ccccc1)c1ccccn1. The number of aliphatic hydroxyl groups is 1. The summed E-state index contributed by atoms with van der Waals surface area (Å²) < 4.78 is 0. The number of pyridine rings is 1. The van der Waals surface area contributed by atoms with E-state index in [-0.39, 0.29) is 0 Å². The number of rotatable bonds is 5. The first-order chi connectivity index (χ1) is 12.1. The Kier molecular flexibility index (Phi) is 5.67. The molecule has 3 unspecified atom stereocenters. The van der Waals surface area contributed by atoms with Gasteiger partial charge in [-0.1, -0.05) is 48.9 Å². The predicted molar refractivity (Wildman–Crippen MR) is 102 cm³/mol. The summed E-state index contributed by atoms with van der Waals surface area (Å²) in [5, 5.41) is 11.4. The fourth-order valence-corrected chi connectivity index (χ4v) is 3.79. The van der Waals surface area contributed by atoms with Crippen LogP contribution in [-0.2, 0) is 5.60 Å². The maximum Gasteiger partial charge on any atom is 0.150 e. The highest BCUT2D eigenvalue weighted by atomic mass is 16.3. The van der Waals surface area contributed by atoms with E-state index in [1.165, 1.54) is 19.3 Å². The Morgan fingerprint density at radius 1 is 1.08 bits per heavy atom. The molecule has 3 rings (SSSR count). The number of nitrogens with zero attached hydrogens (tertiary/aromatic N) is 2. The van der Waals surface area contributed by atoms with Crippen LogP contribution >= 0.6 is 0 Å². The molecule has 2 aromatic rings. The summed E-state index contributed by atoms with van der Waals surface area (Å²) in [6, 6.07) is 16.6. The van der Waals surface area contributed by atoms with Gasteiger partial charge in [-0.3, -0.25) is 9.88 Å². The number of piperidine rings is 1. The van der Waals surface area contributed by atoms with Crippen LogP contribution in [0.4, 0.5) is 0 Å². The molecule has 3 atom stereocenters. The first-order valence-corrected chi connectivity index (χ1v) is 9.24. The Hall–Kier alpha value is -1.97. The van der Waals surface area contributed by atoms with Crippen molar-refractivity contribution < 1.29 is 5.11 Å². The van der Waals surface area contributed by atoms with Gasteiger partial charge in [0, 0.05) is 24.8 Å². The van der Waals surface area contributed by atoms with Gasteiger partial charge in [-0.2, -0.15) is 0 Å². The lowest BCUT2D eigenvalue weighted by molar-refractivity contribution is 0.113. The predicted octanol–water partition coefficient (Wildman–Crippen LogP) is 4.14. The molecule has 1 aromatic heterocycles. The van der Waals surface area contributed by atoms with Gasteiger partial charge >= 0.3 is 0 Å². The average molecular weight is 336 g/mol. The van der Waals surface area contributed by atoms with Crippen LogP contribution in [0.25, 0.3) is 0 Å². The highest BCUT2D eigenvalue weighted by Gasteiger charge is 2.30. The molecule has 0 spiro atoms. The molecule has 1 aliphatic rings. The van der Waals surface area contributed by atoms with Crippen LogP contribution in [0.3, 0.4) is 0 Å². The van der Waals surface area contributed by atoms with Crippen molar-refractivity contribution in [3.63, 3.8) is 0 Å². The number of likely N-dealkylation sites (tertiary alicyclic amines) is 1. The van der Waals surface area contributed by atoms with E-state index in [1.54, 1.807) is 6.20 Å². The van der Waals surface area contributed by atoms with Crippen molar-refractivity contribution in [2.75, 3.05) is 6.54 Å². The molecule has 3 heteroatoms. The van der Waals surface area contributed by atoms with Crippen molar-refractivity contribution in [3.8, 4) is 0 Å². The number of hydrogen-bond acceptors (Lipinski definition) is 3. The fraction of sp³-hybridized carbons (Fsp3) is 0.409. The third kappa shape index (κ3) is 4.00. The Morgan fingerprint density at radius 3 is 2.40 bits per heavy atom. The van der Waals surface area contributed by atoms with Crippen LogP contribution in [0.1, 0.15) is 44.4 Å². The molecule has 1 fully saturated rings. The fourth-order valence-electron chi connectivity index (χ4n) is 3.79. The van der Waals surface area contributed by atoms with E-state index < -0.39 is 5.60 Å². The average Bonchev–Trinajstić information content (AvgIpc) is 2.65. The quantitative estimate of drug-likeness (QED) is 0.834.